The third-order valence-electron chi connectivity index (χ3n) is 5.27. The summed E-state index contributed by atoms with van der Waals surface area (Å²) in [5.74, 6) is 2.73. The van der Waals surface area contributed by atoms with Gasteiger partial charge in [-0.05, 0) is 30.0 Å². The molecule has 0 aliphatic carbocycles. The van der Waals surface area contributed by atoms with Crippen molar-refractivity contribution in [2.24, 2.45) is 12.0 Å². The highest BCUT2D eigenvalue weighted by molar-refractivity contribution is 5.80. The molecule has 4 rings (SSSR count). The van der Waals surface area contributed by atoms with E-state index in [2.05, 4.69) is 68.9 Å². The Morgan fingerprint density at radius 1 is 1.04 bits per heavy atom. The Kier molecular flexibility index (Phi) is 5.37. The van der Waals surface area contributed by atoms with Crippen molar-refractivity contribution < 1.29 is 0 Å². The summed E-state index contributed by atoms with van der Waals surface area (Å²) in [6.45, 7) is 5.04. The van der Waals surface area contributed by atoms with E-state index in [4.69, 9.17) is 4.99 Å². The average molecular weight is 374 g/mol. The molecule has 1 aliphatic rings. The van der Waals surface area contributed by atoms with Crippen LogP contribution in [0.15, 0.2) is 59.6 Å². The van der Waals surface area contributed by atoms with E-state index in [9.17, 15) is 0 Å². The third-order valence-corrected chi connectivity index (χ3v) is 5.27. The number of aromatic nitrogens is 3. The second kappa shape index (κ2) is 8.25. The summed E-state index contributed by atoms with van der Waals surface area (Å²) in [5.41, 5.74) is 4.01. The SMILES string of the molecule is Cc1nnc(CNC(=NCc2ccccc2)N2CCc3ccccc3C2)n1C. The van der Waals surface area contributed by atoms with Crippen molar-refractivity contribution in [3.8, 4) is 0 Å². The van der Waals surface area contributed by atoms with E-state index in [1.165, 1.54) is 16.7 Å². The van der Waals surface area contributed by atoms with Crippen molar-refractivity contribution >= 4 is 5.96 Å². The number of hydrogen-bond acceptors (Lipinski definition) is 3. The minimum absolute atomic E-state index is 0.600. The highest BCUT2D eigenvalue weighted by Gasteiger charge is 2.19. The largest absolute Gasteiger partial charge is 0.349 e. The molecule has 6 nitrogen and oxygen atoms in total. The molecule has 3 aromatic rings. The lowest BCUT2D eigenvalue weighted by molar-refractivity contribution is 0.376. The standard InChI is InChI=1S/C22H26N6/c1-17-25-26-21(27(17)2)15-24-22(23-14-18-8-4-3-5-9-18)28-13-12-19-10-6-7-11-20(19)16-28/h3-11H,12-16H2,1-2H3,(H,23,24). The average Bonchev–Trinajstić information content (AvgIpc) is 3.06. The van der Waals surface area contributed by atoms with Crippen LogP contribution in [0, 0.1) is 6.92 Å². The van der Waals surface area contributed by atoms with Gasteiger partial charge in [-0.1, -0.05) is 54.6 Å². The molecule has 0 atom stereocenters. The second-order valence-corrected chi connectivity index (χ2v) is 7.14. The lowest BCUT2D eigenvalue weighted by Gasteiger charge is -2.31. The topological polar surface area (TPSA) is 58.3 Å². The monoisotopic (exact) mass is 374 g/mol. The highest BCUT2D eigenvalue weighted by atomic mass is 15.3. The van der Waals surface area contributed by atoms with Crippen LogP contribution in [0.1, 0.15) is 28.3 Å². The minimum atomic E-state index is 0.600. The summed E-state index contributed by atoms with van der Waals surface area (Å²) >= 11 is 0. The molecule has 0 radical (unpaired) electrons. The molecule has 0 amide bonds. The zero-order chi connectivity index (χ0) is 19.3. The number of hydrogen-bond donors (Lipinski definition) is 1. The van der Waals surface area contributed by atoms with Gasteiger partial charge in [0.05, 0.1) is 13.1 Å². The third kappa shape index (κ3) is 4.06. The van der Waals surface area contributed by atoms with E-state index < -0.39 is 0 Å². The summed E-state index contributed by atoms with van der Waals surface area (Å²) in [4.78, 5) is 7.24. The van der Waals surface area contributed by atoms with E-state index in [0.717, 1.165) is 37.1 Å². The Morgan fingerprint density at radius 2 is 1.79 bits per heavy atom. The Hall–Kier alpha value is -3.15. The van der Waals surface area contributed by atoms with E-state index >= 15 is 0 Å². The fourth-order valence-corrected chi connectivity index (χ4v) is 3.46. The summed E-state index contributed by atoms with van der Waals surface area (Å²) < 4.78 is 2.01. The van der Waals surface area contributed by atoms with Crippen LogP contribution in [-0.2, 0) is 33.1 Å². The van der Waals surface area contributed by atoms with Crippen molar-refractivity contribution in [2.45, 2.75) is 33.0 Å². The number of nitrogens with zero attached hydrogens (tertiary/aromatic N) is 5. The normalized spacial score (nSPS) is 14.1. The molecule has 6 heteroatoms. The van der Waals surface area contributed by atoms with Gasteiger partial charge in [0.2, 0.25) is 0 Å². The number of fused-ring (bicyclic) bond motifs is 1. The van der Waals surface area contributed by atoms with Gasteiger partial charge in [-0.25, -0.2) is 4.99 Å². The Bertz CT molecular complexity index is 960. The molecule has 1 aromatic heterocycles. The molecule has 28 heavy (non-hydrogen) atoms. The predicted octanol–water partition coefficient (Wildman–Crippen LogP) is 2.83. The summed E-state index contributed by atoms with van der Waals surface area (Å²) in [5, 5.41) is 11.9. The number of guanidine groups is 1. The number of benzene rings is 2. The fourth-order valence-electron chi connectivity index (χ4n) is 3.46. The zero-order valence-corrected chi connectivity index (χ0v) is 16.5. The first-order valence-electron chi connectivity index (χ1n) is 9.69. The molecule has 144 valence electrons. The van der Waals surface area contributed by atoms with Gasteiger partial charge in [0.15, 0.2) is 11.8 Å². The van der Waals surface area contributed by atoms with Crippen LogP contribution in [-0.4, -0.2) is 32.2 Å². The molecule has 2 heterocycles. The van der Waals surface area contributed by atoms with Gasteiger partial charge in [-0.15, -0.1) is 10.2 Å². The Morgan fingerprint density at radius 3 is 2.54 bits per heavy atom. The fraction of sp³-hybridized carbons (Fsp3) is 0.318. The molecule has 0 unspecified atom stereocenters. The molecule has 1 N–H and O–H groups in total. The van der Waals surface area contributed by atoms with Crippen LogP contribution < -0.4 is 5.32 Å². The highest BCUT2D eigenvalue weighted by Crippen LogP contribution is 2.18. The van der Waals surface area contributed by atoms with Crippen molar-refractivity contribution in [3.05, 3.63) is 82.9 Å². The maximum atomic E-state index is 4.92. The molecule has 0 fully saturated rings. The van der Waals surface area contributed by atoms with Crippen LogP contribution in [0.4, 0.5) is 0 Å². The van der Waals surface area contributed by atoms with E-state index in [0.29, 0.717) is 13.1 Å². The lowest BCUT2D eigenvalue weighted by Crippen LogP contribution is -2.44. The van der Waals surface area contributed by atoms with Gasteiger partial charge < -0.3 is 14.8 Å². The first-order chi connectivity index (χ1) is 13.7. The number of aryl methyl sites for hydroxylation is 1. The predicted molar refractivity (Wildman–Crippen MR) is 111 cm³/mol. The van der Waals surface area contributed by atoms with Gasteiger partial charge in [0, 0.05) is 20.1 Å². The zero-order valence-electron chi connectivity index (χ0n) is 16.5. The van der Waals surface area contributed by atoms with Crippen molar-refractivity contribution in [1.29, 1.82) is 0 Å². The summed E-state index contributed by atoms with van der Waals surface area (Å²) in [6.07, 6.45) is 1.03. The number of aliphatic imine (C=N–C) groups is 1. The quantitative estimate of drug-likeness (QED) is 0.564. The van der Waals surface area contributed by atoms with Gasteiger partial charge in [-0.2, -0.15) is 0 Å². The second-order valence-electron chi connectivity index (χ2n) is 7.14. The molecule has 2 aromatic carbocycles. The maximum absolute atomic E-state index is 4.92. The summed E-state index contributed by atoms with van der Waals surface area (Å²) in [6, 6.07) is 19.0. The van der Waals surface area contributed by atoms with Crippen molar-refractivity contribution in [1.82, 2.24) is 25.0 Å². The van der Waals surface area contributed by atoms with Crippen LogP contribution in [0.2, 0.25) is 0 Å². The van der Waals surface area contributed by atoms with Gasteiger partial charge in [0.25, 0.3) is 0 Å². The van der Waals surface area contributed by atoms with Gasteiger partial charge >= 0.3 is 0 Å². The number of rotatable bonds is 4. The summed E-state index contributed by atoms with van der Waals surface area (Å²) in [7, 11) is 1.99. The Balaban J connectivity index is 1.53. The maximum Gasteiger partial charge on any atom is 0.194 e. The Labute approximate surface area is 165 Å². The van der Waals surface area contributed by atoms with Crippen LogP contribution in [0.5, 0.6) is 0 Å². The van der Waals surface area contributed by atoms with E-state index in [-0.39, 0.29) is 0 Å². The smallest absolute Gasteiger partial charge is 0.194 e. The first-order valence-corrected chi connectivity index (χ1v) is 9.69. The lowest BCUT2D eigenvalue weighted by atomic mass is 10.0. The van der Waals surface area contributed by atoms with Crippen molar-refractivity contribution in [2.75, 3.05) is 6.54 Å². The van der Waals surface area contributed by atoms with E-state index in [1.54, 1.807) is 0 Å². The van der Waals surface area contributed by atoms with Gasteiger partial charge in [0.1, 0.15) is 5.82 Å². The molecule has 0 saturated carbocycles. The van der Waals surface area contributed by atoms with E-state index in [1.807, 2.05) is 24.6 Å². The van der Waals surface area contributed by atoms with Gasteiger partial charge in [-0.3, -0.25) is 0 Å². The molecular weight excluding hydrogens is 348 g/mol. The molecule has 1 aliphatic heterocycles. The molecule has 0 bridgehead atoms. The van der Waals surface area contributed by atoms with Crippen LogP contribution in [0.3, 0.4) is 0 Å². The number of nitrogens with one attached hydrogen (secondary N) is 1. The molecular formula is C22H26N6. The minimum Gasteiger partial charge on any atom is -0.349 e. The van der Waals surface area contributed by atoms with Crippen LogP contribution >= 0.6 is 0 Å². The molecule has 0 saturated heterocycles. The molecule has 0 spiro atoms. The van der Waals surface area contributed by atoms with Crippen LogP contribution in [0.25, 0.3) is 0 Å². The van der Waals surface area contributed by atoms with Crippen molar-refractivity contribution in [3.63, 3.8) is 0 Å². The first kappa shape index (κ1) is 18.2.